The van der Waals surface area contributed by atoms with E-state index in [9.17, 15) is 5.11 Å². The van der Waals surface area contributed by atoms with Gasteiger partial charge >= 0.3 is 0 Å². The third kappa shape index (κ3) is 3.83. The number of aromatic nitrogens is 2. The molecule has 1 aromatic heterocycles. The van der Waals surface area contributed by atoms with Crippen LogP contribution < -0.4 is 16.6 Å². The molecule has 6 nitrogen and oxygen atoms in total. The molecule has 0 amide bonds. The number of nitrogens with one attached hydrogen (secondary N) is 2. The van der Waals surface area contributed by atoms with E-state index in [1.807, 2.05) is 6.92 Å². The number of nitrogens with two attached hydrogens (primary N) is 1. The monoisotopic (exact) mass is 293 g/mol. The lowest BCUT2D eigenvalue weighted by molar-refractivity contribution is 0.178. The van der Waals surface area contributed by atoms with Crippen LogP contribution in [-0.2, 0) is 6.42 Å². The topological polar surface area (TPSA) is 96.1 Å². The van der Waals surface area contributed by atoms with E-state index in [0.29, 0.717) is 11.7 Å². The summed E-state index contributed by atoms with van der Waals surface area (Å²) in [6.07, 6.45) is 6.36. The highest BCUT2D eigenvalue weighted by Crippen LogP contribution is 2.28. The van der Waals surface area contributed by atoms with Gasteiger partial charge in [0.05, 0.1) is 0 Å². The molecular weight excluding hydrogens is 266 g/mol. The van der Waals surface area contributed by atoms with E-state index in [0.717, 1.165) is 42.9 Å². The van der Waals surface area contributed by atoms with Crippen LogP contribution in [0.25, 0.3) is 0 Å². The molecule has 0 aliphatic heterocycles. The third-order valence-electron chi connectivity index (χ3n) is 4.27. The summed E-state index contributed by atoms with van der Waals surface area (Å²) in [5, 5.41) is 13.1. The van der Waals surface area contributed by atoms with Gasteiger partial charge in [0, 0.05) is 30.6 Å². The largest absolute Gasteiger partial charge is 0.396 e. The average molecular weight is 293 g/mol. The first kappa shape index (κ1) is 16.0. The van der Waals surface area contributed by atoms with E-state index in [1.165, 1.54) is 12.8 Å². The molecule has 1 heterocycles. The number of aliphatic hydroxyl groups excluding tert-OH is 1. The second-order valence-corrected chi connectivity index (χ2v) is 5.83. The van der Waals surface area contributed by atoms with Crippen LogP contribution in [0.5, 0.6) is 0 Å². The van der Waals surface area contributed by atoms with Gasteiger partial charge < -0.3 is 15.8 Å². The smallest absolute Gasteiger partial charge is 0.148 e. The van der Waals surface area contributed by atoms with E-state index in [2.05, 4.69) is 27.6 Å². The maximum absolute atomic E-state index is 9.54. The maximum Gasteiger partial charge on any atom is 0.148 e. The Kier molecular flexibility index (Phi) is 5.76. The van der Waals surface area contributed by atoms with E-state index in [4.69, 9.17) is 5.84 Å². The van der Waals surface area contributed by atoms with Crippen molar-refractivity contribution in [2.45, 2.75) is 58.4 Å². The van der Waals surface area contributed by atoms with E-state index in [-0.39, 0.29) is 12.6 Å². The Labute approximate surface area is 126 Å². The number of anilines is 2. The van der Waals surface area contributed by atoms with E-state index >= 15 is 0 Å². The Morgan fingerprint density at radius 2 is 1.95 bits per heavy atom. The molecule has 1 fully saturated rings. The van der Waals surface area contributed by atoms with Gasteiger partial charge in [0.25, 0.3) is 0 Å². The van der Waals surface area contributed by atoms with Crippen LogP contribution in [0, 0.1) is 12.8 Å². The molecule has 2 unspecified atom stereocenters. The fourth-order valence-corrected chi connectivity index (χ4v) is 2.97. The minimum absolute atomic E-state index is 0.228. The third-order valence-corrected chi connectivity index (χ3v) is 4.27. The highest BCUT2D eigenvalue weighted by atomic mass is 16.3. The van der Waals surface area contributed by atoms with Crippen LogP contribution in [0.2, 0.25) is 0 Å². The number of hydrogen-bond acceptors (Lipinski definition) is 6. The molecule has 0 spiro atoms. The number of nitrogens with zero attached hydrogens (tertiary/aromatic N) is 2. The highest BCUT2D eigenvalue weighted by molar-refractivity contribution is 5.57. The second kappa shape index (κ2) is 7.56. The van der Waals surface area contributed by atoms with Gasteiger partial charge in [-0.2, -0.15) is 0 Å². The lowest BCUT2D eigenvalue weighted by atomic mass is 9.85. The lowest BCUT2D eigenvalue weighted by Gasteiger charge is -2.32. The highest BCUT2D eigenvalue weighted by Gasteiger charge is 2.25. The predicted molar refractivity (Wildman–Crippen MR) is 85.0 cm³/mol. The standard InChI is InChI=1S/C15H27N5O/c1-3-6-13-18-14(10(2)15(19-13)20-16)17-12-8-5-4-7-11(12)9-21/h11-12,21H,3-9,16H2,1-2H3,(H2,17,18,19,20). The van der Waals surface area contributed by atoms with Crippen molar-refractivity contribution < 1.29 is 5.11 Å². The number of hydrazine groups is 1. The van der Waals surface area contributed by atoms with Crippen LogP contribution in [0.4, 0.5) is 11.6 Å². The van der Waals surface area contributed by atoms with Crippen molar-refractivity contribution in [2.75, 3.05) is 17.3 Å². The normalized spacial score (nSPS) is 22.1. The summed E-state index contributed by atoms with van der Waals surface area (Å²) >= 11 is 0. The summed E-state index contributed by atoms with van der Waals surface area (Å²) in [6, 6.07) is 0.275. The van der Waals surface area contributed by atoms with Gasteiger partial charge in [0.1, 0.15) is 17.5 Å². The number of rotatable bonds is 6. The average Bonchev–Trinajstić information content (AvgIpc) is 2.51. The van der Waals surface area contributed by atoms with Gasteiger partial charge in [-0.3, -0.25) is 0 Å². The summed E-state index contributed by atoms with van der Waals surface area (Å²) in [6.45, 7) is 4.30. The molecule has 2 atom stereocenters. The van der Waals surface area contributed by atoms with Gasteiger partial charge in [0.2, 0.25) is 0 Å². The van der Waals surface area contributed by atoms with Crippen molar-refractivity contribution in [3.63, 3.8) is 0 Å². The summed E-state index contributed by atoms with van der Waals surface area (Å²) < 4.78 is 0. The number of nitrogen functional groups attached to an aromatic ring is 1. The van der Waals surface area contributed by atoms with Gasteiger partial charge in [-0.05, 0) is 26.2 Å². The molecule has 1 aliphatic carbocycles. The molecule has 1 aliphatic rings. The van der Waals surface area contributed by atoms with Crippen LogP contribution in [0.1, 0.15) is 50.4 Å². The molecular formula is C15H27N5O. The van der Waals surface area contributed by atoms with Gasteiger partial charge in [0.15, 0.2) is 0 Å². The Morgan fingerprint density at radius 1 is 1.24 bits per heavy atom. The van der Waals surface area contributed by atoms with E-state index < -0.39 is 0 Å². The van der Waals surface area contributed by atoms with Crippen molar-refractivity contribution in [1.82, 2.24) is 9.97 Å². The lowest BCUT2D eigenvalue weighted by Crippen LogP contribution is -2.35. The fraction of sp³-hybridized carbons (Fsp3) is 0.733. The number of aryl methyl sites for hydroxylation is 1. The molecule has 0 saturated heterocycles. The van der Waals surface area contributed by atoms with Crippen molar-refractivity contribution in [3.05, 3.63) is 11.4 Å². The first-order valence-corrected chi connectivity index (χ1v) is 7.91. The molecule has 2 rings (SSSR count). The van der Waals surface area contributed by atoms with Crippen molar-refractivity contribution in [2.24, 2.45) is 11.8 Å². The van der Waals surface area contributed by atoms with Crippen molar-refractivity contribution in [3.8, 4) is 0 Å². The molecule has 1 aromatic rings. The zero-order chi connectivity index (χ0) is 15.2. The first-order chi connectivity index (χ1) is 10.2. The minimum Gasteiger partial charge on any atom is -0.396 e. The molecule has 0 radical (unpaired) electrons. The summed E-state index contributed by atoms with van der Waals surface area (Å²) in [5.74, 6) is 8.18. The summed E-state index contributed by atoms with van der Waals surface area (Å²) in [5.41, 5.74) is 3.59. The second-order valence-electron chi connectivity index (χ2n) is 5.83. The SMILES string of the molecule is CCCc1nc(NN)c(C)c(NC2CCCCC2CO)n1. The summed E-state index contributed by atoms with van der Waals surface area (Å²) in [7, 11) is 0. The van der Waals surface area contributed by atoms with Gasteiger partial charge in [-0.15, -0.1) is 0 Å². The predicted octanol–water partition coefficient (Wildman–Crippen LogP) is 1.99. The van der Waals surface area contributed by atoms with Crippen LogP contribution >= 0.6 is 0 Å². The van der Waals surface area contributed by atoms with Crippen molar-refractivity contribution >= 4 is 11.6 Å². The van der Waals surface area contributed by atoms with Crippen LogP contribution in [0.15, 0.2) is 0 Å². The molecule has 118 valence electrons. The summed E-state index contributed by atoms with van der Waals surface area (Å²) in [4.78, 5) is 9.07. The quantitative estimate of drug-likeness (QED) is 0.473. The number of hydrogen-bond donors (Lipinski definition) is 4. The Hall–Kier alpha value is -1.40. The molecule has 21 heavy (non-hydrogen) atoms. The maximum atomic E-state index is 9.54. The molecule has 0 bridgehead atoms. The molecule has 6 heteroatoms. The Balaban J connectivity index is 2.22. The van der Waals surface area contributed by atoms with Crippen LogP contribution in [0.3, 0.4) is 0 Å². The van der Waals surface area contributed by atoms with Crippen LogP contribution in [-0.4, -0.2) is 27.7 Å². The van der Waals surface area contributed by atoms with Gasteiger partial charge in [-0.25, -0.2) is 15.8 Å². The van der Waals surface area contributed by atoms with Crippen molar-refractivity contribution in [1.29, 1.82) is 0 Å². The minimum atomic E-state index is 0.228. The molecule has 1 saturated carbocycles. The van der Waals surface area contributed by atoms with Gasteiger partial charge in [-0.1, -0.05) is 19.8 Å². The Morgan fingerprint density at radius 3 is 2.62 bits per heavy atom. The number of aliphatic hydroxyl groups is 1. The van der Waals surface area contributed by atoms with E-state index in [1.54, 1.807) is 0 Å². The first-order valence-electron chi connectivity index (χ1n) is 7.91. The Bertz CT molecular complexity index is 466. The zero-order valence-electron chi connectivity index (χ0n) is 13.0. The zero-order valence-corrected chi connectivity index (χ0v) is 13.0. The molecule has 5 N–H and O–H groups in total. The fourth-order valence-electron chi connectivity index (χ4n) is 2.97. The molecule has 0 aromatic carbocycles.